The van der Waals surface area contributed by atoms with Gasteiger partial charge in [0.25, 0.3) is 0 Å². The first kappa shape index (κ1) is 17.2. The molecular weight excluding hydrogens is 342 g/mol. The van der Waals surface area contributed by atoms with Crippen molar-refractivity contribution in [3.8, 4) is 17.2 Å². The van der Waals surface area contributed by atoms with E-state index in [0.29, 0.717) is 28.8 Å². The fourth-order valence-electron chi connectivity index (χ4n) is 2.61. The fraction of sp³-hybridized carbons (Fsp3) is 0.211. The number of fused-ring (bicyclic) bond motifs is 1. The third-order valence-electron chi connectivity index (χ3n) is 3.87. The van der Waals surface area contributed by atoms with Gasteiger partial charge in [0, 0.05) is 18.6 Å². The number of ether oxygens (including phenoxy) is 3. The van der Waals surface area contributed by atoms with E-state index in [-0.39, 0.29) is 5.91 Å². The molecule has 0 saturated carbocycles. The van der Waals surface area contributed by atoms with Gasteiger partial charge in [0.2, 0.25) is 5.91 Å². The Balaban J connectivity index is 1.73. The Kier molecular flexibility index (Phi) is 5.14. The zero-order valence-electron chi connectivity index (χ0n) is 14.0. The number of carbonyl (C=O) groups excluding carboxylic acids is 1. The zero-order chi connectivity index (χ0) is 17.8. The molecule has 0 bridgehead atoms. The molecule has 0 spiro atoms. The summed E-state index contributed by atoms with van der Waals surface area (Å²) in [6, 6.07) is 9.09. The summed E-state index contributed by atoms with van der Waals surface area (Å²) in [6.45, 7) is 0.709. The number of nitrogens with one attached hydrogen (secondary N) is 1. The molecule has 1 amide bonds. The van der Waals surface area contributed by atoms with Crippen LogP contribution in [0.4, 0.5) is 5.69 Å². The van der Waals surface area contributed by atoms with Crippen LogP contribution < -0.4 is 19.5 Å². The predicted molar refractivity (Wildman–Crippen MR) is 97.9 cm³/mol. The summed E-state index contributed by atoms with van der Waals surface area (Å²) in [7, 11) is 3.03. The van der Waals surface area contributed by atoms with E-state index >= 15 is 0 Å². The highest BCUT2D eigenvalue weighted by atomic mass is 35.5. The van der Waals surface area contributed by atoms with Crippen LogP contribution in [-0.2, 0) is 11.2 Å². The molecule has 0 radical (unpaired) electrons. The van der Waals surface area contributed by atoms with Gasteiger partial charge in [-0.1, -0.05) is 17.7 Å². The van der Waals surface area contributed by atoms with Crippen molar-refractivity contribution in [1.29, 1.82) is 0 Å². The highest BCUT2D eigenvalue weighted by molar-refractivity contribution is 6.32. The molecule has 2 aromatic carbocycles. The fourth-order valence-corrected chi connectivity index (χ4v) is 2.86. The Morgan fingerprint density at radius 1 is 1.20 bits per heavy atom. The zero-order valence-corrected chi connectivity index (χ0v) is 14.7. The molecule has 0 fully saturated rings. The van der Waals surface area contributed by atoms with Crippen LogP contribution in [0.15, 0.2) is 36.4 Å². The molecule has 5 nitrogen and oxygen atoms in total. The minimum atomic E-state index is -0.281. The van der Waals surface area contributed by atoms with Crippen molar-refractivity contribution in [1.82, 2.24) is 0 Å². The first-order valence-corrected chi connectivity index (χ1v) is 8.15. The van der Waals surface area contributed by atoms with Crippen LogP contribution in [0.25, 0.3) is 6.08 Å². The lowest BCUT2D eigenvalue weighted by Gasteiger charge is -2.12. The molecular formula is C19H18ClNO4. The molecule has 1 aliphatic heterocycles. The summed E-state index contributed by atoms with van der Waals surface area (Å²) in [5.74, 6) is 1.58. The van der Waals surface area contributed by atoms with Crippen LogP contribution in [0.1, 0.15) is 11.1 Å². The van der Waals surface area contributed by atoms with E-state index in [1.54, 1.807) is 18.2 Å². The van der Waals surface area contributed by atoms with E-state index in [2.05, 4.69) is 5.32 Å². The summed E-state index contributed by atoms with van der Waals surface area (Å²) >= 11 is 6.11. The van der Waals surface area contributed by atoms with E-state index in [9.17, 15) is 4.79 Å². The number of benzene rings is 2. The second-order valence-corrected chi connectivity index (χ2v) is 5.88. The molecule has 0 saturated heterocycles. The first-order chi connectivity index (χ1) is 12.1. The van der Waals surface area contributed by atoms with Gasteiger partial charge < -0.3 is 19.5 Å². The highest BCUT2D eigenvalue weighted by Gasteiger charge is 2.12. The molecule has 0 aliphatic carbocycles. The van der Waals surface area contributed by atoms with E-state index < -0.39 is 0 Å². The molecule has 1 N–H and O–H groups in total. The van der Waals surface area contributed by atoms with E-state index in [0.717, 1.165) is 23.3 Å². The number of halogens is 1. The van der Waals surface area contributed by atoms with E-state index in [1.807, 2.05) is 18.2 Å². The standard InChI is InChI=1S/C19H18ClNO4/c1-23-17-11-18(24-2)15(10-14(17)20)21-19(22)6-4-12-3-5-16-13(9-12)7-8-25-16/h3-6,9-11H,7-8H2,1-2H3,(H,21,22)/b6-4+. The normalized spacial score (nSPS) is 12.6. The first-order valence-electron chi connectivity index (χ1n) is 7.77. The lowest BCUT2D eigenvalue weighted by Crippen LogP contribution is -2.09. The largest absolute Gasteiger partial charge is 0.495 e. The monoisotopic (exact) mass is 359 g/mol. The second-order valence-electron chi connectivity index (χ2n) is 5.48. The molecule has 1 aliphatic rings. The Morgan fingerprint density at radius 2 is 2.00 bits per heavy atom. The average Bonchev–Trinajstić information content (AvgIpc) is 3.08. The molecule has 0 atom stereocenters. The van der Waals surface area contributed by atoms with Gasteiger partial charge in [0.05, 0.1) is 31.5 Å². The van der Waals surface area contributed by atoms with Crippen molar-refractivity contribution in [2.75, 3.05) is 26.1 Å². The number of hydrogen-bond donors (Lipinski definition) is 1. The van der Waals surface area contributed by atoms with Crippen LogP contribution in [0.3, 0.4) is 0 Å². The lowest BCUT2D eigenvalue weighted by molar-refractivity contribution is -0.111. The SMILES string of the molecule is COc1cc(OC)c(NC(=O)/C=C/c2ccc3c(c2)CCO3)cc1Cl. The lowest BCUT2D eigenvalue weighted by atomic mass is 10.1. The molecule has 2 aromatic rings. The Bertz CT molecular complexity index is 832. The predicted octanol–water partition coefficient (Wildman–Crippen LogP) is 3.94. The number of carbonyl (C=O) groups is 1. The van der Waals surface area contributed by atoms with Crippen molar-refractivity contribution in [2.24, 2.45) is 0 Å². The van der Waals surface area contributed by atoms with Gasteiger partial charge in [-0.05, 0) is 35.4 Å². The van der Waals surface area contributed by atoms with E-state index in [4.69, 9.17) is 25.8 Å². The maximum Gasteiger partial charge on any atom is 0.248 e. The number of anilines is 1. The topological polar surface area (TPSA) is 56.8 Å². The molecule has 0 unspecified atom stereocenters. The van der Waals surface area contributed by atoms with Gasteiger partial charge in [0.15, 0.2) is 0 Å². The highest BCUT2D eigenvalue weighted by Crippen LogP contribution is 2.35. The maximum absolute atomic E-state index is 12.2. The van der Waals surface area contributed by atoms with Crippen molar-refractivity contribution >= 4 is 29.3 Å². The Morgan fingerprint density at radius 3 is 2.76 bits per heavy atom. The van der Waals surface area contributed by atoms with Gasteiger partial charge in [0.1, 0.15) is 17.2 Å². The van der Waals surface area contributed by atoms with Crippen molar-refractivity contribution < 1.29 is 19.0 Å². The van der Waals surface area contributed by atoms with Gasteiger partial charge in [-0.2, -0.15) is 0 Å². The summed E-state index contributed by atoms with van der Waals surface area (Å²) in [5.41, 5.74) is 2.58. The number of amides is 1. The quantitative estimate of drug-likeness (QED) is 0.821. The molecule has 130 valence electrons. The third-order valence-corrected chi connectivity index (χ3v) is 4.17. The van der Waals surface area contributed by atoms with Gasteiger partial charge >= 0.3 is 0 Å². The van der Waals surface area contributed by atoms with Gasteiger partial charge in [-0.15, -0.1) is 0 Å². The van der Waals surface area contributed by atoms with E-state index in [1.165, 1.54) is 20.3 Å². The summed E-state index contributed by atoms with van der Waals surface area (Å²) in [4.78, 5) is 12.2. The van der Waals surface area contributed by atoms with Crippen LogP contribution in [-0.4, -0.2) is 26.7 Å². The Labute approximate surface area is 151 Å². The van der Waals surface area contributed by atoms with Crippen LogP contribution in [0, 0.1) is 0 Å². The Hall–Kier alpha value is -2.66. The minimum Gasteiger partial charge on any atom is -0.495 e. The average molecular weight is 360 g/mol. The minimum absolute atomic E-state index is 0.281. The number of rotatable bonds is 5. The third kappa shape index (κ3) is 3.88. The molecule has 6 heteroatoms. The van der Waals surface area contributed by atoms with Crippen LogP contribution in [0.2, 0.25) is 5.02 Å². The summed E-state index contributed by atoms with van der Waals surface area (Å²) in [6.07, 6.45) is 4.12. The molecule has 3 rings (SSSR count). The van der Waals surface area contributed by atoms with Crippen LogP contribution in [0.5, 0.6) is 17.2 Å². The van der Waals surface area contributed by atoms with Crippen molar-refractivity contribution in [3.05, 3.63) is 52.6 Å². The number of methoxy groups -OCH3 is 2. The second kappa shape index (κ2) is 7.49. The molecule has 1 heterocycles. The van der Waals surface area contributed by atoms with Crippen molar-refractivity contribution in [3.63, 3.8) is 0 Å². The maximum atomic E-state index is 12.2. The van der Waals surface area contributed by atoms with Crippen molar-refractivity contribution in [2.45, 2.75) is 6.42 Å². The van der Waals surface area contributed by atoms with Gasteiger partial charge in [-0.25, -0.2) is 0 Å². The molecule has 25 heavy (non-hydrogen) atoms. The number of hydrogen-bond acceptors (Lipinski definition) is 4. The smallest absolute Gasteiger partial charge is 0.248 e. The van der Waals surface area contributed by atoms with Crippen LogP contribution >= 0.6 is 11.6 Å². The summed E-state index contributed by atoms with van der Waals surface area (Å²) in [5, 5.41) is 3.15. The molecule has 0 aromatic heterocycles. The summed E-state index contributed by atoms with van der Waals surface area (Å²) < 4.78 is 15.9. The van der Waals surface area contributed by atoms with Gasteiger partial charge in [-0.3, -0.25) is 4.79 Å².